The monoisotopic (exact) mass is 535 g/mol. The van der Waals surface area contributed by atoms with Crippen LogP contribution in [0.25, 0.3) is 10.1 Å². The van der Waals surface area contributed by atoms with Gasteiger partial charge in [0.1, 0.15) is 12.4 Å². The maximum Gasteiger partial charge on any atom is 0.257 e. The number of fused-ring (bicyclic) bond motifs is 2. The van der Waals surface area contributed by atoms with Crippen LogP contribution in [0.1, 0.15) is 39.4 Å². The predicted octanol–water partition coefficient (Wildman–Crippen LogP) is 5.97. The molecule has 8 nitrogen and oxygen atoms in total. The number of carbonyl (C=O) groups excluding carboxylic acids is 2. The minimum Gasteiger partial charge on any atom is -0.490 e. The van der Waals surface area contributed by atoms with Gasteiger partial charge in [0, 0.05) is 27.9 Å². The number of rotatable bonds is 6. The largest absolute Gasteiger partial charge is 0.490 e. The first kappa shape index (κ1) is 24.6. The van der Waals surface area contributed by atoms with Crippen molar-refractivity contribution < 1.29 is 14.3 Å². The van der Waals surface area contributed by atoms with E-state index in [0.717, 1.165) is 27.2 Å². The molecule has 0 saturated heterocycles. The number of ether oxygens (including phenoxy) is 1. The van der Waals surface area contributed by atoms with Crippen LogP contribution in [0.4, 0.5) is 17.2 Å². The van der Waals surface area contributed by atoms with Gasteiger partial charge in [-0.1, -0.05) is 36.4 Å². The van der Waals surface area contributed by atoms with Crippen LogP contribution in [-0.2, 0) is 0 Å². The molecule has 0 spiro atoms. The quantitative estimate of drug-likeness (QED) is 0.278. The number of nitrogens with one attached hydrogen (secondary N) is 2. The Labute approximate surface area is 229 Å². The summed E-state index contributed by atoms with van der Waals surface area (Å²) in [6.45, 7) is 2.87. The molecule has 3 aromatic heterocycles. The number of amides is 2. The summed E-state index contributed by atoms with van der Waals surface area (Å²) in [5.74, 6) is 0.688. The summed E-state index contributed by atoms with van der Waals surface area (Å²) < 4.78 is 6.85. The number of para-hydroxylation sites is 2. The highest BCUT2D eigenvalue weighted by molar-refractivity contribution is 7.17. The van der Waals surface area contributed by atoms with Crippen molar-refractivity contribution >= 4 is 50.4 Å². The zero-order chi connectivity index (χ0) is 26.8. The van der Waals surface area contributed by atoms with Gasteiger partial charge in [-0.2, -0.15) is 0 Å². The van der Waals surface area contributed by atoms with Crippen molar-refractivity contribution in [1.29, 1.82) is 0 Å². The number of carbonyl (C=O) groups is 2. The van der Waals surface area contributed by atoms with E-state index in [1.165, 1.54) is 17.5 Å². The Morgan fingerprint density at radius 3 is 2.69 bits per heavy atom. The molecule has 4 heterocycles. The maximum absolute atomic E-state index is 13.5. The van der Waals surface area contributed by atoms with E-state index in [4.69, 9.17) is 4.74 Å². The van der Waals surface area contributed by atoms with Gasteiger partial charge in [0.2, 0.25) is 0 Å². The Morgan fingerprint density at radius 1 is 1.00 bits per heavy atom. The molecule has 1 atom stereocenters. The van der Waals surface area contributed by atoms with E-state index in [9.17, 15) is 9.59 Å². The van der Waals surface area contributed by atoms with E-state index in [0.29, 0.717) is 35.8 Å². The van der Waals surface area contributed by atoms with Crippen molar-refractivity contribution in [3.8, 4) is 5.75 Å². The Morgan fingerprint density at radius 2 is 1.82 bits per heavy atom. The molecular formula is C30H25N5O3S. The van der Waals surface area contributed by atoms with Crippen molar-refractivity contribution in [2.45, 2.75) is 13.0 Å². The van der Waals surface area contributed by atoms with Crippen molar-refractivity contribution in [1.82, 2.24) is 15.3 Å². The van der Waals surface area contributed by atoms with E-state index >= 15 is 0 Å². The number of thiophene rings is 1. The summed E-state index contributed by atoms with van der Waals surface area (Å²) in [7, 11) is 0. The summed E-state index contributed by atoms with van der Waals surface area (Å²) in [4.78, 5) is 37.8. The van der Waals surface area contributed by atoms with Crippen LogP contribution >= 0.6 is 11.3 Å². The van der Waals surface area contributed by atoms with Gasteiger partial charge in [0.15, 0.2) is 5.82 Å². The summed E-state index contributed by atoms with van der Waals surface area (Å²) in [5.41, 5.74) is 2.92. The van der Waals surface area contributed by atoms with Crippen LogP contribution in [-0.4, -0.2) is 34.9 Å². The lowest BCUT2D eigenvalue weighted by molar-refractivity contribution is 0.0937. The zero-order valence-electron chi connectivity index (χ0n) is 21.1. The molecule has 0 unspecified atom stereocenters. The fraction of sp³-hybridized carbons (Fsp3) is 0.133. The first-order valence-electron chi connectivity index (χ1n) is 12.6. The van der Waals surface area contributed by atoms with Crippen LogP contribution in [0.2, 0.25) is 0 Å². The zero-order valence-corrected chi connectivity index (χ0v) is 21.9. The molecule has 2 amide bonds. The van der Waals surface area contributed by atoms with Crippen LogP contribution in [0.5, 0.6) is 5.75 Å². The Hall–Kier alpha value is -4.76. The number of anilines is 3. The van der Waals surface area contributed by atoms with Crippen LogP contribution in [0.15, 0.2) is 90.6 Å². The molecule has 0 bridgehead atoms. The SMILES string of the molecule is C[C@H](NC(=O)c1cnc(N2CCOc3ccccc32)c(NC(=O)c2csc3ccccc23)c1)c1ccccn1. The molecule has 0 saturated carbocycles. The normalized spacial score (nSPS) is 13.3. The molecule has 0 aliphatic carbocycles. The van der Waals surface area contributed by atoms with Crippen LogP contribution in [0.3, 0.4) is 0 Å². The fourth-order valence-electron chi connectivity index (χ4n) is 4.61. The maximum atomic E-state index is 13.5. The summed E-state index contributed by atoms with van der Waals surface area (Å²) in [6.07, 6.45) is 3.22. The molecule has 194 valence electrons. The summed E-state index contributed by atoms with van der Waals surface area (Å²) >= 11 is 1.52. The van der Waals surface area contributed by atoms with Gasteiger partial charge in [0.25, 0.3) is 11.8 Å². The average molecular weight is 536 g/mol. The second kappa shape index (κ2) is 10.5. The summed E-state index contributed by atoms with van der Waals surface area (Å²) in [6, 6.07) is 22.4. The minimum atomic E-state index is -0.314. The van der Waals surface area contributed by atoms with Gasteiger partial charge in [-0.15, -0.1) is 11.3 Å². The van der Waals surface area contributed by atoms with Gasteiger partial charge in [-0.05, 0) is 43.3 Å². The second-order valence-corrected chi connectivity index (χ2v) is 10.0. The molecule has 5 aromatic rings. The van der Waals surface area contributed by atoms with E-state index in [1.807, 2.05) is 83.9 Å². The van der Waals surface area contributed by atoms with E-state index < -0.39 is 0 Å². The number of hydrogen-bond donors (Lipinski definition) is 2. The number of benzene rings is 2. The predicted molar refractivity (Wildman–Crippen MR) is 153 cm³/mol. The molecule has 0 radical (unpaired) electrons. The van der Waals surface area contributed by atoms with Gasteiger partial charge < -0.3 is 20.3 Å². The van der Waals surface area contributed by atoms with Gasteiger partial charge in [-0.3, -0.25) is 14.6 Å². The molecule has 2 aromatic carbocycles. The standard InChI is InChI=1S/C30H25N5O3S/c1-19(23-9-6-7-13-31-23)33-29(36)20-16-24(34-30(37)22-18-39-27-12-5-2-8-21(22)27)28(32-17-20)35-14-15-38-26-11-4-3-10-25(26)35/h2-13,16-19H,14-15H2,1H3,(H,33,36)(H,34,37)/t19-/m0/s1. The van der Waals surface area contributed by atoms with Gasteiger partial charge in [0.05, 0.1) is 40.8 Å². The van der Waals surface area contributed by atoms with Crippen molar-refractivity contribution in [2.75, 3.05) is 23.4 Å². The number of hydrogen-bond acceptors (Lipinski definition) is 7. The highest BCUT2D eigenvalue weighted by atomic mass is 32.1. The van der Waals surface area contributed by atoms with Crippen molar-refractivity contribution in [3.63, 3.8) is 0 Å². The molecule has 9 heteroatoms. The molecule has 2 N–H and O–H groups in total. The molecule has 1 aliphatic heterocycles. The summed E-state index contributed by atoms with van der Waals surface area (Å²) in [5, 5.41) is 8.75. The highest BCUT2D eigenvalue weighted by Crippen LogP contribution is 2.39. The van der Waals surface area contributed by atoms with Crippen LogP contribution < -0.4 is 20.3 Å². The van der Waals surface area contributed by atoms with Crippen molar-refractivity contribution in [2.24, 2.45) is 0 Å². The minimum absolute atomic E-state index is 0.267. The lowest BCUT2D eigenvalue weighted by atomic mass is 10.1. The molecule has 39 heavy (non-hydrogen) atoms. The Balaban J connectivity index is 1.36. The third-order valence-electron chi connectivity index (χ3n) is 6.57. The molecule has 1 aliphatic rings. The van der Waals surface area contributed by atoms with E-state index in [2.05, 4.69) is 20.6 Å². The van der Waals surface area contributed by atoms with E-state index in [1.54, 1.807) is 12.3 Å². The number of pyridine rings is 2. The smallest absolute Gasteiger partial charge is 0.257 e. The second-order valence-electron chi connectivity index (χ2n) is 9.11. The molecule has 0 fully saturated rings. The number of aromatic nitrogens is 2. The molecular weight excluding hydrogens is 510 g/mol. The average Bonchev–Trinajstić information content (AvgIpc) is 3.42. The topological polar surface area (TPSA) is 96.5 Å². The lowest BCUT2D eigenvalue weighted by Crippen LogP contribution is -2.31. The third-order valence-corrected chi connectivity index (χ3v) is 7.53. The lowest BCUT2D eigenvalue weighted by Gasteiger charge is -2.31. The first-order chi connectivity index (χ1) is 19.1. The first-order valence-corrected chi connectivity index (χ1v) is 13.5. The van der Waals surface area contributed by atoms with Crippen molar-refractivity contribution in [3.05, 3.63) is 107 Å². The van der Waals surface area contributed by atoms with E-state index in [-0.39, 0.29) is 17.9 Å². The molecule has 6 rings (SSSR count). The Kier molecular flexibility index (Phi) is 6.64. The van der Waals surface area contributed by atoms with Gasteiger partial charge >= 0.3 is 0 Å². The highest BCUT2D eigenvalue weighted by Gasteiger charge is 2.25. The van der Waals surface area contributed by atoms with Crippen LogP contribution in [0, 0.1) is 0 Å². The van der Waals surface area contributed by atoms with Gasteiger partial charge in [-0.25, -0.2) is 4.98 Å². The fourth-order valence-corrected chi connectivity index (χ4v) is 5.55. The number of nitrogens with zero attached hydrogens (tertiary/aromatic N) is 3. The third kappa shape index (κ3) is 4.92. The Bertz CT molecular complexity index is 1670.